The summed E-state index contributed by atoms with van der Waals surface area (Å²) in [5, 5.41) is 2.24. The molecule has 1 aromatic carbocycles. The van der Waals surface area contributed by atoms with Gasteiger partial charge in [-0.1, -0.05) is 7.60 Å². The van der Waals surface area contributed by atoms with E-state index in [0.717, 1.165) is 0 Å². The first kappa shape index (κ1) is 13.6. The van der Waals surface area contributed by atoms with Gasteiger partial charge in [-0.15, -0.1) is 0 Å². The lowest BCUT2D eigenvalue weighted by molar-refractivity contribution is -0.312. The Morgan fingerprint density at radius 3 is 2.18 bits per heavy atom. The average molecular weight is 255 g/mol. The Hall–Kier alpha value is -1.49. The molecule has 0 heterocycles. The first-order valence-corrected chi connectivity index (χ1v) is 6.43. The van der Waals surface area contributed by atoms with E-state index in [2.05, 4.69) is 5.32 Å². The van der Waals surface area contributed by atoms with Crippen molar-refractivity contribution >= 4 is 25.0 Å². The summed E-state index contributed by atoms with van der Waals surface area (Å²) in [5.74, 6) is -1.01. The Morgan fingerprint density at radius 1 is 1.24 bits per heavy atom. The second kappa shape index (κ2) is 5.23. The van der Waals surface area contributed by atoms with Crippen LogP contribution >= 0.6 is 7.60 Å². The fourth-order valence-corrected chi connectivity index (χ4v) is 1.60. The fraction of sp³-hybridized carbons (Fsp3) is 0.200. The van der Waals surface area contributed by atoms with Gasteiger partial charge in [0.05, 0.1) is 6.16 Å². The maximum Gasteiger partial charge on any atom is 0.229 e. The van der Waals surface area contributed by atoms with E-state index in [-0.39, 0.29) is 5.78 Å². The number of amides is 1. The minimum atomic E-state index is -4.85. The summed E-state index contributed by atoms with van der Waals surface area (Å²) in [5.41, 5.74) is 0.801. The minimum absolute atomic E-state index is 0.119. The van der Waals surface area contributed by atoms with E-state index in [1.54, 1.807) is 0 Å². The van der Waals surface area contributed by atoms with Crippen LogP contribution in [0.1, 0.15) is 17.3 Å². The van der Waals surface area contributed by atoms with E-state index >= 15 is 0 Å². The first-order valence-electron chi connectivity index (χ1n) is 4.70. The highest BCUT2D eigenvalue weighted by atomic mass is 31.2. The number of carbonyl (C=O) groups is 2. The van der Waals surface area contributed by atoms with Crippen LogP contribution in [0.4, 0.5) is 5.69 Å². The molecule has 1 aromatic rings. The molecule has 0 aliphatic heterocycles. The number of Topliss-reactive ketones (excluding diaryl/α,β-unsaturated/α-hetero) is 1. The van der Waals surface area contributed by atoms with Crippen molar-refractivity contribution in [1.82, 2.24) is 0 Å². The van der Waals surface area contributed by atoms with Crippen molar-refractivity contribution in [3.05, 3.63) is 29.8 Å². The molecule has 92 valence electrons. The van der Waals surface area contributed by atoms with E-state index in [0.29, 0.717) is 11.3 Å². The number of benzene rings is 1. The maximum atomic E-state index is 11.1. The summed E-state index contributed by atoms with van der Waals surface area (Å²) in [6.45, 7) is 1.40. The number of hydrogen-bond acceptors (Lipinski definition) is 5. The van der Waals surface area contributed by atoms with Crippen molar-refractivity contribution in [3.8, 4) is 0 Å². The molecule has 6 nitrogen and oxygen atoms in total. The SMILES string of the molecule is CC(=O)c1ccc(NC(=O)CP(=O)([O-])[O-])cc1. The highest BCUT2D eigenvalue weighted by molar-refractivity contribution is 7.49. The Labute approximate surface area is 97.8 Å². The van der Waals surface area contributed by atoms with Crippen LogP contribution in [-0.2, 0) is 9.36 Å². The standard InChI is InChI=1S/C10H12NO5P/c1-7(12)8-2-4-9(5-3-8)11-10(13)6-17(14,15)16/h2-5H,6H2,1H3,(H,11,13)(H2,14,15,16)/p-2. The lowest BCUT2D eigenvalue weighted by Gasteiger charge is -2.28. The molecule has 0 unspecified atom stereocenters. The van der Waals surface area contributed by atoms with Crippen molar-refractivity contribution < 1.29 is 23.9 Å². The highest BCUT2D eigenvalue weighted by Gasteiger charge is 2.05. The summed E-state index contributed by atoms with van der Waals surface area (Å²) in [7, 11) is -4.85. The van der Waals surface area contributed by atoms with Gasteiger partial charge in [-0.2, -0.15) is 0 Å². The third-order valence-electron chi connectivity index (χ3n) is 1.91. The number of hydrogen-bond donors (Lipinski definition) is 1. The second-order valence-corrected chi connectivity index (χ2v) is 4.99. The van der Waals surface area contributed by atoms with Gasteiger partial charge in [0, 0.05) is 11.3 Å². The molecule has 1 N–H and O–H groups in total. The zero-order valence-electron chi connectivity index (χ0n) is 9.00. The molecular weight excluding hydrogens is 245 g/mol. The third-order valence-corrected chi connectivity index (χ3v) is 2.59. The van der Waals surface area contributed by atoms with E-state index in [4.69, 9.17) is 0 Å². The molecule has 0 atom stereocenters. The summed E-state index contributed by atoms with van der Waals surface area (Å²) in [6, 6.07) is 5.89. The van der Waals surface area contributed by atoms with Crippen LogP contribution < -0.4 is 15.1 Å². The number of nitrogens with one attached hydrogen (secondary N) is 1. The second-order valence-electron chi connectivity index (χ2n) is 3.45. The molecule has 0 spiro atoms. The molecule has 0 radical (unpaired) electrons. The van der Waals surface area contributed by atoms with Gasteiger partial charge in [0.25, 0.3) is 0 Å². The molecule has 0 bridgehead atoms. The highest BCUT2D eigenvalue weighted by Crippen LogP contribution is 2.22. The summed E-state index contributed by atoms with van der Waals surface area (Å²) in [6.07, 6.45) is -1.08. The number of rotatable bonds is 4. The summed E-state index contributed by atoms with van der Waals surface area (Å²) < 4.78 is 10.3. The molecule has 0 fully saturated rings. The van der Waals surface area contributed by atoms with Crippen LogP contribution in [0, 0.1) is 0 Å². The van der Waals surface area contributed by atoms with Crippen LogP contribution in [0.5, 0.6) is 0 Å². The summed E-state index contributed by atoms with van der Waals surface area (Å²) in [4.78, 5) is 42.7. The van der Waals surface area contributed by atoms with Crippen molar-refractivity contribution in [2.45, 2.75) is 6.92 Å². The van der Waals surface area contributed by atoms with Gasteiger partial charge < -0.3 is 19.7 Å². The molecule has 0 aliphatic rings. The quantitative estimate of drug-likeness (QED) is 0.588. The first-order chi connectivity index (χ1) is 7.78. The van der Waals surface area contributed by atoms with Crippen molar-refractivity contribution in [2.24, 2.45) is 0 Å². The topological polar surface area (TPSA) is 109 Å². The number of ketones is 1. The van der Waals surface area contributed by atoms with Gasteiger partial charge in [0.15, 0.2) is 5.78 Å². The van der Waals surface area contributed by atoms with E-state index in [1.165, 1.54) is 31.2 Å². The van der Waals surface area contributed by atoms with Crippen molar-refractivity contribution in [3.63, 3.8) is 0 Å². The Bertz CT molecular complexity index is 476. The maximum absolute atomic E-state index is 11.1. The minimum Gasteiger partial charge on any atom is -0.810 e. The van der Waals surface area contributed by atoms with Crippen molar-refractivity contribution in [2.75, 3.05) is 11.5 Å². The molecule has 7 heteroatoms. The summed E-state index contributed by atoms with van der Waals surface area (Å²) >= 11 is 0. The smallest absolute Gasteiger partial charge is 0.229 e. The molecule has 1 amide bonds. The van der Waals surface area contributed by atoms with E-state index in [1.807, 2.05) is 0 Å². The molecule has 0 aliphatic carbocycles. The normalized spacial score (nSPS) is 11.0. The predicted octanol–water partition coefficient (Wildman–Crippen LogP) is -0.259. The van der Waals surface area contributed by atoms with E-state index < -0.39 is 19.7 Å². The fourth-order valence-electron chi connectivity index (χ4n) is 1.16. The third kappa shape index (κ3) is 4.91. The Balaban J connectivity index is 2.67. The molecule has 0 aromatic heterocycles. The number of anilines is 1. The molecular formula is C10H10NO5P-2. The van der Waals surface area contributed by atoms with Crippen LogP contribution in [0.25, 0.3) is 0 Å². The van der Waals surface area contributed by atoms with Gasteiger partial charge in [0.1, 0.15) is 0 Å². The lowest BCUT2D eigenvalue weighted by atomic mass is 10.1. The molecule has 17 heavy (non-hydrogen) atoms. The molecule has 1 rings (SSSR count). The number of carbonyl (C=O) groups excluding carboxylic acids is 2. The van der Waals surface area contributed by atoms with Gasteiger partial charge in [-0.3, -0.25) is 9.59 Å². The lowest BCUT2D eigenvalue weighted by Crippen LogP contribution is -2.25. The van der Waals surface area contributed by atoms with Crippen molar-refractivity contribution in [1.29, 1.82) is 0 Å². The largest absolute Gasteiger partial charge is 0.810 e. The monoisotopic (exact) mass is 255 g/mol. The van der Waals surface area contributed by atoms with Crippen LogP contribution in [0.3, 0.4) is 0 Å². The average Bonchev–Trinajstić information content (AvgIpc) is 2.15. The van der Waals surface area contributed by atoms with Crippen LogP contribution in [0.15, 0.2) is 24.3 Å². The Kier molecular flexibility index (Phi) is 4.17. The van der Waals surface area contributed by atoms with Gasteiger partial charge in [-0.25, -0.2) is 0 Å². The molecule has 0 saturated heterocycles. The zero-order chi connectivity index (χ0) is 13.1. The van der Waals surface area contributed by atoms with Crippen LogP contribution in [-0.4, -0.2) is 17.9 Å². The van der Waals surface area contributed by atoms with Gasteiger partial charge >= 0.3 is 0 Å². The van der Waals surface area contributed by atoms with Gasteiger partial charge in [0.2, 0.25) is 5.91 Å². The Morgan fingerprint density at radius 2 is 1.76 bits per heavy atom. The predicted molar refractivity (Wildman–Crippen MR) is 57.5 cm³/mol. The van der Waals surface area contributed by atoms with Crippen LogP contribution in [0.2, 0.25) is 0 Å². The van der Waals surface area contributed by atoms with E-state index in [9.17, 15) is 23.9 Å². The zero-order valence-corrected chi connectivity index (χ0v) is 9.90. The molecule has 0 saturated carbocycles. The van der Waals surface area contributed by atoms with Gasteiger partial charge in [-0.05, 0) is 31.2 Å².